The number of benzene rings is 1. The van der Waals surface area contributed by atoms with Crippen LogP contribution in [0.2, 0.25) is 0 Å². The monoisotopic (exact) mass is 370 g/mol. The molecule has 122 valence electrons. The average Bonchev–Trinajstić information content (AvgIpc) is 2.99. The molecule has 0 fully saturated rings. The van der Waals surface area contributed by atoms with Crippen LogP contribution in [0.1, 0.15) is 13.3 Å². The van der Waals surface area contributed by atoms with Gasteiger partial charge in [0.2, 0.25) is 5.91 Å². The molecule has 0 spiro atoms. The Morgan fingerprint density at radius 2 is 2.09 bits per heavy atom. The van der Waals surface area contributed by atoms with E-state index in [1.165, 1.54) is 41.3 Å². The van der Waals surface area contributed by atoms with Gasteiger partial charge < -0.3 is 5.32 Å². The van der Waals surface area contributed by atoms with Crippen LogP contribution in [0.4, 0.5) is 11.4 Å². The Labute approximate surface area is 145 Å². The number of hydrogen-bond donors (Lipinski definition) is 1. The Morgan fingerprint density at radius 3 is 2.78 bits per heavy atom. The van der Waals surface area contributed by atoms with Crippen LogP contribution in [-0.4, -0.2) is 32.5 Å². The maximum Gasteiger partial charge on any atom is 0.271 e. The largest absolute Gasteiger partial charge is 0.325 e. The van der Waals surface area contributed by atoms with E-state index in [1.807, 2.05) is 0 Å². The Morgan fingerprint density at radius 1 is 1.35 bits per heavy atom. The number of carbonyl (C=O) groups is 1. The highest BCUT2D eigenvalue weighted by atomic mass is 32.2. The lowest BCUT2D eigenvalue weighted by Crippen LogP contribution is -2.14. The van der Waals surface area contributed by atoms with Gasteiger partial charge >= 0.3 is 0 Å². The zero-order valence-electron chi connectivity index (χ0n) is 12.2. The highest BCUT2D eigenvalue weighted by molar-refractivity contribution is 8.03. The molecule has 0 radical (unpaired) electrons. The zero-order valence-corrected chi connectivity index (χ0v) is 14.7. The topological polar surface area (TPSA) is 98.0 Å². The van der Waals surface area contributed by atoms with Gasteiger partial charge in [0.1, 0.15) is 0 Å². The number of rotatable bonds is 8. The quantitative estimate of drug-likeness (QED) is 0.430. The second-order valence-corrected chi connectivity index (χ2v) is 7.87. The fraction of sp³-hybridized carbons (Fsp3) is 0.308. The first-order valence-corrected chi connectivity index (χ1v) is 9.50. The molecule has 0 aliphatic rings. The lowest BCUT2D eigenvalue weighted by molar-refractivity contribution is -0.384. The van der Waals surface area contributed by atoms with Crippen LogP contribution in [0, 0.1) is 10.1 Å². The molecule has 1 N–H and O–H groups in total. The summed E-state index contributed by atoms with van der Waals surface area (Å²) < 4.78 is 1.63. The maximum absolute atomic E-state index is 11.9. The minimum absolute atomic E-state index is 0.0582. The van der Waals surface area contributed by atoms with Crippen molar-refractivity contribution in [3.63, 3.8) is 0 Å². The molecule has 2 rings (SSSR count). The third-order valence-corrected chi connectivity index (χ3v) is 5.88. The van der Waals surface area contributed by atoms with E-state index < -0.39 is 4.92 Å². The van der Waals surface area contributed by atoms with Crippen LogP contribution in [0.3, 0.4) is 0 Å². The smallest absolute Gasteiger partial charge is 0.271 e. The van der Waals surface area contributed by atoms with E-state index in [-0.39, 0.29) is 17.3 Å². The third kappa shape index (κ3) is 5.81. The van der Waals surface area contributed by atoms with Crippen LogP contribution < -0.4 is 5.32 Å². The van der Waals surface area contributed by atoms with Crippen molar-refractivity contribution in [3.8, 4) is 0 Å². The predicted octanol–water partition coefficient (Wildman–Crippen LogP) is 3.68. The molecule has 1 heterocycles. The first kappa shape index (κ1) is 17.7. The van der Waals surface area contributed by atoms with Crippen LogP contribution >= 0.6 is 34.9 Å². The number of aromatic nitrogens is 2. The first-order chi connectivity index (χ1) is 11.1. The fourth-order valence-electron chi connectivity index (χ4n) is 1.52. The summed E-state index contributed by atoms with van der Waals surface area (Å²) in [5.74, 6) is 0.927. The highest BCUT2D eigenvalue weighted by Gasteiger charge is 2.10. The van der Waals surface area contributed by atoms with E-state index in [0.717, 1.165) is 20.9 Å². The summed E-state index contributed by atoms with van der Waals surface area (Å²) in [6.45, 7) is 2.10. The number of nitro benzene ring substituents is 1. The summed E-state index contributed by atoms with van der Waals surface area (Å²) >= 11 is 4.41. The number of carbonyl (C=O) groups excluding carboxylic acids is 1. The molecule has 0 bridgehead atoms. The van der Waals surface area contributed by atoms with E-state index in [1.54, 1.807) is 17.8 Å². The minimum Gasteiger partial charge on any atom is -0.325 e. The number of nitrogens with zero attached hydrogens (tertiary/aromatic N) is 3. The van der Waals surface area contributed by atoms with Crippen LogP contribution in [0.25, 0.3) is 0 Å². The fourth-order valence-corrected chi connectivity index (χ4v) is 4.27. The molecule has 0 saturated heterocycles. The summed E-state index contributed by atoms with van der Waals surface area (Å²) in [4.78, 5) is 22.1. The van der Waals surface area contributed by atoms with E-state index in [4.69, 9.17) is 0 Å². The Hall–Kier alpha value is -1.65. The molecule has 0 aliphatic heterocycles. The number of hydrogen-bond acceptors (Lipinski definition) is 8. The van der Waals surface area contributed by atoms with Gasteiger partial charge in [-0.2, -0.15) is 0 Å². The zero-order chi connectivity index (χ0) is 16.7. The van der Waals surface area contributed by atoms with Gasteiger partial charge in [-0.1, -0.05) is 47.9 Å². The van der Waals surface area contributed by atoms with Gasteiger partial charge in [0.15, 0.2) is 8.68 Å². The highest BCUT2D eigenvalue weighted by Crippen LogP contribution is 2.29. The van der Waals surface area contributed by atoms with Gasteiger partial charge in [-0.05, 0) is 12.5 Å². The van der Waals surface area contributed by atoms with E-state index in [0.29, 0.717) is 5.69 Å². The summed E-state index contributed by atoms with van der Waals surface area (Å²) in [7, 11) is 0. The van der Waals surface area contributed by atoms with Gasteiger partial charge in [-0.15, -0.1) is 10.2 Å². The normalized spacial score (nSPS) is 10.5. The molecular formula is C13H14N4O3S3. The van der Waals surface area contributed by atoms with Crippen LogP contribution in [0.5, 0.6) is 0 Å². The molecule has 1 aromatic carbocycles. The van der Waals surface area contributed by atoms with Crippen molar-refractivity contribution in [1.29, 1.82) is 0 Å². The molecule has 0 saturated carbocycles. The summed E-state index contributed by atoms with van der Waals surface area (Å²) in [6, 6.07) is 5.84. The Kier molecular flexibility index (Phi) is 6.81. The molecule has 0 atom stereocenters. The molecule has 1 aromatic heterocycles. The van der Waals surface area contributed by atoms with Crippen molar-refractivity contribution in [3.05, 3.63) is 34.4 Å². The van der Waals surface area contributed by atoms with Gasteiger partial charge in [-0.25, -0.2) is 0 Å². The number of non-ortho nitro benzene ring substituents is 1. The maximum atomic E-state index is 11.9. The molecule has 0 unspecified atom stereocenters. The van der Waals surface area contributed by atoms with Gasteiger partial charge in [0.25, 0.3) is 5.69 Å². The number of nitrogens with one attached hydrogen (secondary N) is 1. The molecular weight excluding hydrogens is 356 g/mol. The first-order valence-electron chi connectivity index (χ1n) is 6.72. The second kappa shape index (κ2) is 8.85. The average molecular weight is 370 g/mol. The summed E-state index contributed by atoms with van der Waals surface area (Å²) in [5, 5.41) is 21.4. The number of thioether (sulfide) groups is 2. The molecule has 10 heteroatoms. The number of amides is 1. The van der Waals surface area contributed by atoms with Crippen LogP contribution in [0.15, 0.2) is 32.9 Å². The van der Waals surface area contributed by atoms with E-state index in [2.05, 4.69) is 22.4 Å². The van der Waals surface area contributed by atoms with Gasteiger partial charge in [0.05, 0.1) is 10.7 Å². The SMILES string of the molecule is CCCSc1nnc(SCC(=O)Nc2cccc([N+](=O)[O-])c2)s1. The van der Waals surface area contributed by atoms with Crippen LogP contribution in [-0.2, 0) is 4.79 Å². The van der Waals surface area contributed by atoms with Crippen molar-refractivity contribution in [2.45, 2.75) is 22.0 Å². The third-order valence-electron chi connectivity index (χ3n) is 2.49. The summed E-state index contributed by atoms with van der Waals surface area (Å²) in [5.41, 5.74) is 0.346. The van der Waals surface area contributed by atoms with Crippen molar-refractivity contribution < 1.29 is 9.72 Å². The predicted molar refractivity (Wildman–Crippen MR) is 93.4 cm³/mol. The molecule has 23 heavy (non-hydrogen) atoms. The Bertz CT molecular complexity index is 693. The van der Waals surface area contributed by atoms with Crippen molar-refractivity contribution >= 4 is 52.1 Å². The second-order valence-electron chi connectivity index (χ2n) is 4.33. The Balaban J connectivity index is 1.84. The van der Waals surface area contributed by atoms with Gasteiger partial charge in [-0.3, -0.25) is 14.9 Å². The lowest BCUT2D eigenvalue weighted by atomic mass is 10.3. The standard InChI is InChI=1S/C13H14N4O3S3/c1-2-6-21-12-15-16-13(23-12)22-8-11(18)14-9-4-3-5-10(7-9)17(19)20/h3-5,7H,2,6,8H2,1H3,(H,14,18). The van der Waals surface area contributed by atoms with Crippen molar-refractivity contribution in [2.75, 3.05) is 16.8 Å². The molecule has 1 amide bonds. The van der Waals surface area contributed by atoms with E-state index in [9.17, 15) is 14.9 Å². The lowest BCUT2D eigenvalue weighted by Gasteiger charge is -2.03. The van der Waals surface area contributed by atoms with Gasteiger partial charge in [0, 0.05) is 23.6 Å². The van der Waals surface area contributed by atoms with E-state index >= 15 is 0 Å². The molecule has 2 aromatic rings. The van der Waals surface area contributed by atoms with Crippen molar-refractivity contribution in [2.24, 2.45) is 0 Å². The molecule has 7 nitrogen and oxygen atoms in total. The summed E-state index contributed by atoms with van der Waals surface area (Å²) in [6.07, 6.45) is 1.07. The minimum atomic E-state index is -0.499. The molecule has 0 aliphatic carbocycles. The number of anilines is 1. The number of nitro groups is 1. The van der Waals surface area contributed by atoms with Crippen molar-refractivity contribution in [1.82, 2.24) is 10.2 Å².